The van der Waals surface area contributed by atoms with Crippen LogP contribution in [0.4, 0.5) is 0 Å². The number of nitrogens with zero attached hydrogens (tertiary/aromatic N) is 1. The Balaban J connectivity index is 1.64. The van der Waals surface area contributed by atoms with Crippen molar-refractivity contribution in [1.29, 1.82) is 0 Å². The molecule has 1 aromatic heterocycles. The van der Waals surface area contributed by atoms with Gasteiger partial charge in [0, 0.05) is 17.4 Å². The Morgan fingerprint density at radius 3 is 2.54 bits per heavy atom. The number of aliphatic carboxylic acids is 1. The molecule has 132 valence electrons. The summed E-state index contributed by atoms with van der Waals surface area (Å²) in [6, 6.07) is 17.1. The number of rotatable bonds is 7. The summed E-state index contributed by atoms with van der Waals surface area (Å²) in [5.74, 6) is -0.455. The lowest BCUT2D eigenvalue weighted by atomic mass is 10.1. The summed E-state index contributed by atoms with van der Waals surface area (Å²) in [4.78, 5) is 15.9. The molecule has 2 aromatic carbocycles. The molecule has 0 unspecified atom stereocenters. The van der Waals surface area contributed by atoms with Crippen LogP contribution in [0.3, 0.4) is 0 Å². The Bertz CT molecular complexity index is 885. The second-order valence-corrected chi connectivity index (χ2v) is 6.83. The van der Waals surface area contributed by atoms with Crippen molar-refractivity contribution < 1.29 is 14.6 Å². The molecule has 0 radical (unpaired) electrons. The number of hydrogen-bond acceptors (Lipinski definition) is 4. The molecule has 0 saturated heterocycles. The summed E-state index contributed by atoms with van der Waals surface area (Å²) >= 11 is 1.60. The van der Waals surface area contributed by atoms with Crippen molar-refractivity contribution in [2.24, 2.45) is 0 Å². The summed E-state index contributed by atoms with van der Waals surface area (Å²) in [6.07, 6.45) is 3.08. The third kappa shape index (κ3) is 4.80. The average Bonchev–Trinajstić information content (AvgIpc) is 3.08. The number of aryl methyl sites for hydroxylation is 1. The van der Waals surface area contributed by atoms with E-state index in [0.717, 1.165) is 21.8 Å². The number of ether oxygens (including phenoxy) is 1. The molecule has 1 N–H and O–H groups in total. The Labute approximate surface area is 156 Å². The molecule has 0 aliphatic rings. The molecule has 0 saturated carbocycles. The van der Waals surface area contributed by atoms with E-state index < -0.39 is 12.1 Å². The van der Waals surface area contributed by atoms with E-state index in [1.165, 1.54) is 0 Å². The highest BCUT2D eigenvalue weighted by Gasteiger charge is 2.17. The van der Waals surface area contributed by atoms with Crippen LogP contribution in [0.1, 0.15) is 17.0 Å². The van der Waals surface area contributed by atoms with Gasteiger partial charge in [0.15, 0.2) is 6.10 Å². The third-order valence-corrected chi connectivity index (χ3v) is 4.56. The molecule has 4 nitrogen and oxygen atoms in total. The highest BCUT2D eigenvalue weighted by molar-refractivity contribution is 7.09. The second kappa shape index (κ2) is 8.45. The van der Waals surface area contributed by atoms with Gasteiger partial charge >= 0.3 is 5.97 Å². The number of thiazole rings is 1. The van der Waals surface area contributed by atoms with Crippen LogP contribution < -0.4 is 4.74 Å². The van der Waals surface area contributed by atoms with Gasteiger partial charge in [0.2, 0.25) is 0 Å². The van der Waals surface area contributed by atoms with Crippen LogP contribution >= 0.6 is 11.3 Å². The topological polar surface area (TPSA) is 59.4 Å². The van der Waals surface area contributed by atoms with Crippen molar-refractivity contribution >= 4 is 23.4 Å². The van der Waals surface area contributed by atoms with E-state index in [-0.39, 0.29) is 6.42 Å². The molecule has 3 rings (SSSR count). The predicted octanol–water partition coefficient (Wildman–Crippen LogP) is 5.05. The van der Waals surface area contributed by atoms with Crippen LogP contribution in [0, 0.1) is 6.92 Å². The van der Waals surface area contributed by atoms with E-state index in [2.05, 4.69) is 4.98 Å². The lowest BCUT2D eigenvalue weighted by Gasteiger charge is -2.13. The van der Waals surface area contributed by atoms with Crippen molar-refractivity contribution in [3.05, 3.63) is 76.6 Å². The first-order valence-electron chi connectivity index (χ1n) is 8.25. The number of aromatic nitrogens is 1. The van der Waals surface area contributed by atoms with Gasteiger partial charge in [0.05, 0.1) is 10.7 Å². The fourth-order valence-electron chi connectivity index (χ4n) is 2.46. The molecule has 5 heteroatoms. The van der Waals surface area contributed by atoms with Crippen LogP contribution in [-0.4, -0.2) is 22.2 Å². The maximum absolute atomic E-state index is 11.5. The van der Waals surface area contributed by atoms with E-state index in [0.29, 0.717) is 5.75 Å². The van der Waals surface area contributed by atoms with Gasteiger partial charge in [0.25, 0.3) is 0 Å². The lowest BCUT2D eigenvalue weighted by molar-refractivity contribution is -0.144. The molecule has 0 amide bonds. The number of hydrogen-bond donors (Lipinski definition) is 1. The van der Waals surface area contributed by atoms with Gasteiger partial charge in [-0.15, -0.1) is 11.3 Å². The Kier molecular flexibility index (Phi) is 5.81. The largest absolute Gasteiger partial charge is 0.478 e. The van der Waals surface area contributed by atoms with Gasteiger partial charge in [-0.2, -0.15) is 0 Å². The van der Waals surface area contributed by atoms with E-state index in [1.807, 2.05) is 66.9 Å². The first-order valence-corrected chi connectivity index (χ1v) is 9.13. The fourth-order valence-corrected chi connectivity index (χ4v) is 3.08. The van der Waals surface area contributed by atoms with Crippen molar-refractivity contribution in [2.75, 3.05) is 0 Å². The average molecular weight is 365 g/mol. The first-order chi connectivity index (χ1) is 12.6. The molecule has 0 aliphatic heterocycles. The van der Waals surface area contributed by atoms with E-state index in [9.17, 15) is 9.90 Å². The summed E-state index contributed by atoms with van der Waals surface area (Å²) in [6.45, 7) is 1.96. The lowest BCUT2D eigenvalue weighted by Crippen LogP contribution is -2.26. The Morgan fingerprint density at radius 2 is 1.92 bits per heavy atom. The van der Waals surface area contributed by atoms with E-state index in [4.69, 9.17) is 4.74 Å². The second-order valence-electron chi connectivity index (χ2n) is 5.77. The molecule has 26 heavy (non-hydrogen) atoms. The van der Waals surface area contributed by atoms with Gasteiger partial charge < -0.3 is 9.84 Å². The van der Waals surface area contributed by atoms with Crippen LogP contribution in [0.15, 0.2) is 66.1 Å². The number of benzene rings is 2. The van der Waals surface area contributed by atoms with Crippen LogP contribution in [-0.2, 0) is 4.79 Å². The molecule has 1 heterocycles. The maximum atomic E-state index is 11.5. The SMILES string of the molecule is Cc1nc(-c2ccc(O[C@@H](C/C=C/c3ccccc3)C(=O)O)cc2)cs1. The minimum Gasteiger partial charge on any atom is -0.478 e. The van der Waals surface area contributed by atoms with Crippen molar-refractivity contribution in [2.45, 2.75) is 19.4 Å². The summed E-state index contributed by atoms with van der Waals surface area (Å²) in [5.41, 5.74) is 2.93. The minimum atomic E-state index is -0.984. The number of carboxylic acids is 1. The van der Waals surface area contributed by atoms with Crippen LogP contribution in [0.25, 0.3) is 17.3 Å². The first kappa shape index (κ1) is 17.9. The smallest absolute Gasteiger partial charge is 0.345 e. The Hall–Kier alpha value is -2.92. The molecular weight excluding hydrogens is 346 g/mol. The molecule has 0 bridgehead atoms. The zero-order chi connectivity index (χ0) is 18.4. The van der Waals surface area contributed by atoms with E-state index >= 15 is 0 Å². The summed E-state index contributed by atoms with van der Waals surface area (Å²) < 4.78 is 5.64. The van der Waals surface area contributed by atoms with Gasteiger partial charge in [-0.3, -0.25) is 0 Å². The standard InChI is InChI=1S/C21H19NO3S/c1-15-22-19(14-26-15)17-10-12-18(13-11-17)25-20(21(23)24)9-5-8-16-6-3-2-4-7-16/h2-8,10-14,20H,9H2,1H3,(H,23,24)/b8-5+/t20-/m0/s1. The maximum Gasteiger partial charge on any atom is 0.345 e. The summed E-state index contributed by atoms with van der Waals surface area (Å²) in [7, 11) is 0. The molecule has 0 aliphatic carbocycles. The normalized spacial score (nSPS) is 12.2. The number of carboxylic acid groups (broad SMARTS) is 1. The minimum absolute atomic E-state index is 0.289. The highest BCUT2D eigenvalue weighted by Crippen LogP contribution is 2.24. The number of carbonyl (C=O) groups is 1. The van der Waals surface area contributed by atoms with Gasteiger partial charge in [-0.1, -0.05) is 42.5 Å². The van der Waals surface area contributed by atoms with Crippen LogP contribution in [0.2, 0.25) is 0 Å². The fraction of sp³-hybridized carbons (Fsp3) is 0.143. The van der Waals surface area contributed by atoms with Crippen molar-refractivity contribution in [3.8, 4) is 17.0 Å². The molecule has 0 fully saturated rings. The quantitative estimate of drug-likeness (QED) is 0.636. The van der Waals surface area contributed by atoms with Gasteiger partial charge in [0.1, 0.15) is 5.75 Å². The van der Waals surface area contributed by atoms with Crippen molar-refractivity contribution in [1.82, 2.24) is 4.98 Å². The molecule has 1 atom stereocenters. The van der Waals surface area contributed by atoms with Gasteiger partial charge in [-0.05, 0) is 36.8 Å². The van der Waals surface area contributed by atoms with Gasteiger partial charge in [-0.25, -0.2) is 9.78 Å². The molecule has 3 aromatic rings. The van der Waals surface area contributed by atoms with E-state index in [1.54, 1.807) is 23.5 Å². The summed E-state index contributed by atoms with van der Waals surface area (Å²) in [5, 5.41) is 12.4. The van der Waals surface area contributed by atoms with Crippen molar-refractivity contribution in [3.63, 3.8) is 0 Å². The zero-order valence-corrected chi connectivity index (χ0v) is 15.1. The molecular formula is C21H19NO3S. The molecule has 0 spiro atoms. The monoisotopic (exact) mass is 365 g/mol. The van der Waals surface area contributed by atoms with Crippen LogP contribution in [0.5, 0.6) is 5.75 Å². The third-order valence-electron chi connectivity index (χ3n) is 3.78. The highest BCUT2D eigenvalue weighted by atomic mass is 32.1. The predicted molar refractivity (Wildman–Crippen MR) is 104 cm³/mol. The zero-order valence-electron chi connectivity index (χ0n) is 14.3. The Morgan fingerprint density at radius 1 is 1.19 bits per heavy atom.